The minimum atomic E-state index is -0.984. The minimum absolute atomic E-state index is 0.0468. The van der Waals surface area contributed by atoms with Gasteiger partial charge in [0.05, 0.1) is 5.39 Å². The average Bonchev–Trinajstić information content (AvgIpc) is 2.95. The van der Waals surface area contributed by atoms with E-state index < -0.39 is 11.9 Å². The van der Waals surface area contributed by atoms with Gasteiger partial charge in [0.25, 0.3) is 0 Å². The molecule has 0 fully saturated rings. The molecule has 0 bridgehead atoms. The van der Waals surface area contributed by atoms with Crippen LogP contribution >= 0.6 is 0 Å². The highest BCUT2D eigenvalue weighted by Crippen LogP contribution is 2.36. The second-order valence-corrected chi connectivity index (χ2v) is 6.48. The highest BCUT2D eigenvalue weighted by Gasteiger charge is 2.19. The number of H-pyrrole nitrogens is 1. The van der Waals surface area contributed by atoms with E-state index in [0.29, 0.717) is 17.8 Å². The number of benzene rings is 1. The topological polar surface area (TPSA) is 90.2 Å². The van der Waals surface area contributed by atoms with E-state index in [-0.39, 0.29) is 23.0 Å². The van der Waals surface area contributed by atoms with Gasteiger partial charge in [0.1, 0.15) is 17.1 Å². The molecule has 1 aromatic carbocycles. The molecule has 0 saturated carbocycles. The van der Waals surface area contributed by atoms with Crippen LogP contribution in [-0.2, 0) is 6.42 Å². The first-order chi connectivity index (χ1) is 12.4. The Bertz CT molecular complexity index is 966. The Morgan fingerprint density at radius 3 is 2.69 bits per heavy atom. The third kappa shape index (κ3) is 3.46. The first kappa shape index (κ1) is 17.7. The van der Waals surface area contributed by atoms with E-state index in [2.05, 4.69) is 9.97 Å². The Hall–Kier alpha value is -3.09. The number of fused-ring (bicyclic) bond motifs is 1. The zero-order valence-corrected chi connectivity index (χ0v) is 14.8. The van der Waals surface area contributed by atoms with Crippen molar-refractivity contribution in [3.8, 4) is 17.2 Å². The number of aryl methyl sites for hydroxylation is 1. The van der Waals surface area contributed by atoms with E-state index in [0.717, 1.165) is 10.9 Å². The number of primary amides is 1. The van der Waals surface area contributed by atoms with Gasteiger partial charge in [0.15, 0.2) is 11.6 Å². The Morgan fingerprint density at radius 2 is 2.00 bits per heavy atom. The number of aromatic amines is 1. The molecule has 0 aliphatic heterocycles. The fourth-order valence-corrected chi connectivity index (χ4v) is 2.85. The first-order valence-corrected chi connectivity index (χ1v) is 8.26. The number of pyridine rings is 1. The van der Waals surface area contributed by atoms with Gasteiger partial charge < -0.3 is 20.2 Å². The second-order valence-electron chi connectivity index (χ2n) is 6.48. The summed E-state index contributed by atoms with van der Waals surface area (Å²) in [5, 5.41) is 0.787. The van der Waals surface area contributed by atoms with Crippen LogP contribution in [0, 0.1) is 18.7 Å². The standard InChI is InChI=1S/C19H20FN3O3/c1-10(2)8-12-13(26-19(21)24)4-5-15(17(12)20)25-14-6-7-22-18-16(14)11(3)9-23-18/h4-7,9-10H,8H2,1-3H3,(H2,21,24)(H,22,23). The van der Waals surface area contributed by atoms with Gasteiger partial charge in [-0.05, 0) is 43.0 Å². The molecular weight excluding hydrogens is 337 g/mol. The molecule has 26 heavy (non-hydrogen) atoms. The van der Waals surface area contributed by atoms with Crippen LogP contribution in [0.4, 0.5) is 9.18 Å². The van der Waals surface area contributed by atoms with Gasteiger partial charge in [-0.1, -0.05) is 13.8 Å². The number of nitrogens with zero attached hydrogens (tertiary/aromatic N) is 1. The maximum absolute atomic E-state index is 15.1. The van der Waals surface area contributed by atoms with Crippen molar-refractivity contribution in [2.75, 3.05) is 0 Å². The Balaban J connectivity index is 2.04. The van der Waals surface area contributed by atoms with Crippen molar-refractivity contribution in [2.45, 2.75) is 27.2 Å². The highest BCUT2D eigenvalue weighted by atomic mass is 19.1. The predicted octanol–water partition coefficient (Wildman–Crippen LogP) is 4.46. The average molecular weight is 357 g/mol. The molecule has 0 aliphatic rings. The molecule has 0 unspecified atom stereocenters. The molecule has 2 aromatic heterocycles. The maximum Gasteiger partial charge on any atom is 0.409 e. The molecule has 0 atom stereocenters. The molecule has 3 aromatic rings. The second kappa shape index (κ2) is 7.03. The van der Waals surface area contributed by atoms with Crippen molar-refractivity contribution in [3.63, 3.8) is 0 Å². The number of carbonyl (C=O) groups excluding carboxylic acids is 1. The van der Waals surface area contributed by atoms with Crippen LogP contribution in [0.3, 0.4) is 0 Å². The van der Waals surface area contributed by atoms with Gasteiger partial charge in [0.2, 0.25) is 0 Å². The van der Waals surface area contributed by atoms with Gasteiger partial charge in [-0.25, -0.2) is 14.2 Å². The summed E-state index contributed by atoms with van der Waals surface area (Å²) in [6.45, 7) is 5.80. The van der Waals surface area contributed by atoms with Crippen molar-refractivity contribution in [3.05, 3.63) is 47.5 Å². The molecule has 1 amide bonds. The maximum atomic E-state index is 15.1. The number of amides is 1. The molecule has 136 valence electrons. The van der Waals surface area contributed by atoms with Gasteiger partial charge in [-0.2, -0.15) is 0 Å². The molecule has 0 saturated heterocycles. The van der Waals surface area contributed by atoms with Gasteiger partial charge >= 0.3 is 6.09 Å². The Labute approximate surface area is 150 Å². The van der Waals surface area contributed by atoms with Crippen LogP contribution < -0.4 is 15.2 Å². The van der Waals surface area contributed by atoms with Crippen molar-refractivity contribution < 1.29 is 18.7 Å². The molecule has 2 heterocycles. The largest absolute Gasteiger partial charge is 0.453 e. The molecular formula is C19H20FN3O3. The number of nitrogens with two attached hydrogens (primary N) is 1. The van der Waals surface area contributed by atoms with Crippen LogP contribution in [-0.4, -0.2) is 16.1 Å². The number of rotatable bonds is 5. The fraction of sp³-hybridized carbons (Fsp3) is 0.263. The lowest BCUT2D eigenvalue weighted by Gasteiger charge is -2.15. The third-order valence-corrected chi connectivity index (χ3v) is 3.94. The van der Waals surface area contributed by atoms with E-state index in [9.17, 15) is 4.79 Å². The van der Waals surface area contributed by atoms with Crippen molar-refractivity contribution in [1.82, 2.24) is 9.97 Å². The zero-order valence-electron chi connectivity index (χ0n) is 14.8. The van der Waals surface area contributed by atoms with Gasteiger partial charge in [-0.15, -0.1) is 0 Å². The molecule has 0 aliphatic carbocycles. The number of aromatic nitrogens is 2. The van der Waals surface area contributed by atoms with E-state index in [1.54, 1.807) is 12.3 Å². The molecule has 3 rings (SSSR count). The summed E-state index contributed by atoms with van der Waals surface area (Å²) in [4.78, 5) is 18.4. The highest BCUT2D eigenvalue weighted by molar-refractivity contribution is 5.86. The van der Waals surface area contributed by atoms with E-state index in [1.165, 1.54) is 12.1 Å². The lowest BCUT2D eigenvalue weighted by Crippen LogP contribution is -2.18. The van der Waals surface area contributed by atoms with E-state index >= 15 is 4.39 Å². The number of nitrogens with one attached hydrogen (secondary N) is 1. The van der Waals surface area contributed by atoms with E-state index in [1.807, 2.05) is 27.0 Å². The number of halogens is 1. The number of hydrogen-bond donors (Lipinski definition) is 2. The summed E-state index contributed by atoms with van der Waals surface area (Å²) < 4.78 is 25.9. The molecule has 0 spiro atoms. The fourth-order valence-electron chi connectivity index (χ4n) is 2.85. The molecule has 3 N–H and O–H groups in total. The van der Waals surface area contributed by atoms with Crippen LogP contribution in [0.1, 0.15) is 25.0 Å². The summed E-state index contributed by atoms with van der Waals surface area (Å²) in [5.41, 5.74) is 6.94. The molecule has 0 radical (unpaired) electrons. The first-order valence-electron chi connectivity index (χ1n) is 8.26. The SMILES string of the molecule is Cc1c[nH]c2nccc(Oc3ccc(OC(N)=O)c(CC(C)C)c3F)c12. The zero-order chi connectivity index (χ0) is 18.8. The summed E-state index contributed by atoms with van der Waals surface area (Å²) >= 11 is 0. The summed E-state index contributed by atoms with van der Waals surface area (Å²) in [6.07, 6.45) is 2.79. The number of hydrogen-bond acceptors (Lipinski definition) is 4. The van der Waals surface area contributed by atoms with Crippen molar-refractivity contribution >= 4 is 17.1 Å². The summed E-state index contributed by atoms with van der Waals surface area (Å²) in [7, 11) is 0. The smallest absolute Gasteiger partial charge is 0.409 e. The normalized spacial score (nSPS) is 11.1. The van der Waals surface area contributed by atoms with Crippen LogP contribution in [0.25, 0.3) is 11.0 Å². The molecule has 6 nitrogen and oxygen atoms in total. The van der Waals surface area contributed by atoms with Gasteiger partial charge in [0, 0.05) is 18.0 Å². The lowest BCUT2D eigenvalue weighted by atomic mass is 10.0. The Morgan fingerprint density at radius 1 is 1.27 bits per heavy atom. The summed E-state index contributed by atoms with van der Waals surface area (Å²) in [5.74, 6) is 0.219. The predicted molar refractivity (Wildman–Crippen MR) is 96.1 cm³/mol. The van der Waals surface area contributed by atoms with Gasteiger partial charge in [-0.3, -0.25) is 0 Å². The Kier molecular flexibility index (Phi) is 4.79. The monoisotopic (exact) mass is 357 g/mol. The quantitative estimate of drug-likeness (QED) is 0.705. The lowest BCUT2D eigenvalue weighted by molar-refractivity contribution is 0.210. The van der Waals surface area contributed by atoms with Crippen LogP contribution in [0.2, 0.25) is 0 Å². The van der Waals surface area contributed by atoms with Crippen molar-refractivity contribution in [1.29, 1.82) is 0 Å². The summed E-state index contributed by atoms with van der Waals surface area (Å²) in [6, 6.07) is 4.59. The van der Waals surface area contributed by atoms with E-state index in [4.69, 9.17) is 15.2 Å². The van der Waals surface area contributed by atoms with Crippen LogP contribution in [0.15, 0.2) is 30.6 Å². The number of carbonyl (C=O) groups is 1. The third-order valence-electron chi connectivity index (χ3n) is 3.94. The van der Waals surface area contributed by atoms with Crippen molar-refractivity contribution in [2.24, 2.45) is 11.7 Å². The van der Waals surface area contributed by atoms with Crippen LogP contribution in [0.5, 0.6) is 17.2 Å². The molecule has 7 heteroatoms. The number of ether oxygens (including phenoxy) is 2. The minimum Gasteiger partial charge on any atom is -0.453 e.